The third-order valence-corrected chi connectivity index (χ3v) is 3.68. The van der Waals surface area contributed by atoms with E-state index in [4.69, 9.17) is 5.73 Å². The summed E-state index contributed by atoms with van der Waals surface area (Å²) in [6.07, 6.45) is 2.27. The molecule has 2 unspecified atom stereocenters. The average molecular weight is 255 g/mol. The third kappa shape index (κ3) is 4.94. The van der Waals surface area contributed by atoms with E-state index in [9.17, 15) is 4.79 Å². The van der Waals surface area contributed by atoms with Gasteiger partial charge in [-0.05, 0) is 52.1 Å². The van der Waals surface area contributed by atoms with Gasteiger partial charge in [0.1, 0.15) is 0 Å². The fourth-order valence-electron chi connectivity index (χ4n) is 2.73. The van der Waals surface area contributed by atoms with Crippen molar-refractivity contribution >= 4 is 5.91 Å². The molecule has 0 radical (unpaired) electrons. The molecular weight excluding hydrogens is 226 g/mol. The number of rotatable bonds is 4. The summed E-state index contributed by atoms with van der Waals surface area (Å²) >= 11 is 0. The minimum atomic E-state index is -0.142. The molecular formula is C14H29N3O. The van der Waals surface area contributed by atoms with Gasteiger partial charge >= 0.3 is 0 Å². The number of carbonyl (C=O) groups excluding carboxylic acids is 1. The van der Waals surface area contributed by atoms with Gasteiger partial charge in [0.15, 0.2) is 0 Å². The van der Waals surface area contributed by atoms with E-state index in [0.29, 0.717) is 18.4 Å². The van der Waals surface area contributed by atoms with Crippen LogP contribution < -0.4 is 11.1 Å². The first-order valence-corrected chi connectivity index (χ1v) is 7.09. The Morgan fingerprint density at radius 2 is 2.06 bits per heavy atom. The second kappa shape index (κ2) is 6.53. The lowest BCUT2D eigenvalue weighted by molar-refractivity contribution is -0.124. The summed E-state index contributed by atoms with van der Waals surface area (Å²) in [6.45, 7) is 11.6. The van der Waals surface area contributed by atoms with Crippen LogP contribution >= 0.6 is 0 Å². The predicted octanol–water partition coefficient (Wildman–Crippen LogP) is 1.21. The van der Waals surface area contributed by atoms with Crippen LogP contribution in [0, 0.1) is 11.8 Å². The predicted molar refractivity (Wildman–Crippen MR) is 75.3 cm³/mol. The lowest BCUT2D eigenvalue weighted by Crippen LogP contribution is -2.49. The molecule has 3 N–H and O–H groups in total. The highest BCUT2D eigenvalue weighted by Crippen LogP contribution is 2.25. The van der Waals surface area contributed by atoms with Gasteiger partial charge in [-0.2, -0.15) is 0 Å². The van der Waals surface area contributed by atoms with Gasteiger partial charge in [-0.3, -0.25) is 9.69 Å². The van der Waals surface area contributed by atoms with Crippen LogP contribution in [0.2, 0.25) is 0 Å². The van der Waals surface area contributed by atoms with E-state index < -0.39 is 0 Å². The van der Waals surface area contributed by atoms with Crippen LogP contribution in [0.3, 0.4) is 0 Å². The third-order valence-electron chi connectivity index (χ3n) is 3.68. The summed E-state index contributed by atoms with van der Waals surface area (Å²) in [6, 6.07) is 0. The van der Waals surface area contributed by atoms with Gasteiger partial charge in [-0.15, -0.1) is 0 Å². The number of hydrogen-bond donors (Lipinski definition) is 2. The molecule has 0 aliphatic carbocycles. The van der Waals surface area contributed by atoms with Gasteiger partial charge in [0.25, 0.3) is 0 Å². The van der Waals surface area contributed by atoms with Crippen molar-refractivity contribution < 1.29 is 4.79 Å². The van der Waals surface area contributed by atoms with Crippen LogP contribution in [0.4, 0.5) is 0 Å². The summed E-state index contributed by atoms with van der Waals surface area (Å²) in [4.78, 5) is 14.2. The van der Waals surface area contributed by atoms with Gasteiger partial charge < -0.3 is 11.1 Å². The number of hydrogen-bond acceptors (Lipinski definition) is 3. The number of nitrogens with two attached hydrogens (primary N) is 1. The molecule has 4 heteroatoms. The molecule has 0 aromatic heterocycles. The highest BCUT2D eigenvalue weighted by molar-refractivity contribution is 5.78. The Morgan fingerprint density at radius 3 is 2.56 bits per heavy atom. The maximum atomic E-state index is 11.9. The van der Waals surface area contributed by atoms with Gasteiger partial charge in [-0.25, -0.2) is 0 Å². The molecule has 1 saturated heterocycles. The van der Waals surface area contributed by atoms with Gasteiger partial charge in [0.05, 0.1) is 6.54 Å². The Kier molecular flexibility index (Phi) is 5.60. The van der Waals surface area contributed by atoms with Crippen molar-refractivity contribution in [3.63, 3.8) is 0 Å². The fourth-order valence-corrected chi connectivity index (χ4v) is 2.73. The second-order valence-electron chi connectivity index (χ2n) is 6.49. The zero-order valence-electron chi connectivity index (χ0n) is 12.3. The zero-order chi connectivity index (χ0) is 13.8. The maximum absolute atomic E-state index is 11.9. The van der Waals surface area contributed by atoms with Crippen LogP contribution in [0.15, 0.2) is 0 Å². The average Bonchev–Trinajstić information content (AvgIpc) is 2.26. The highest BCUT2D eigenvalue weighted by atomic mass is 16.2. The Bertz CT molecular complexity index is 273. The molecule has 0 spiro atoms. The van der Waals surface area contributed by atoms with Gasteiger partial charge in [0.2, 0.25) is 5.91 Å². The van der Waals surface area contributed by atoms with Gasteiger partial charge in [-0.1, -0.05) is 13.3 Å². The summed E-state index contributed by atoms with van der Waals surface area (Å²) in [5, 5.41) is 3.02. The quantitative estimate of drug-likeness (QED) is 0.794. The molecule has 2 atom stereocenters. The molecule has 4 nitrogen and oxygen atoms in total. The Morgan fingerprint density at radius 1 is 1.39 bits per heavy atom. The molecule has 1 rings (SSSR count). The molecule has 0 saturated carbocycles. The van der Waals surface area contributed by atoms with E-state index >= 15 is 0 Å². The van der Waals surface area contributed by atoms with Crippen molar-refractivity contribution in [3.05, 3.63) is 0 Å². The molecule has 1 fully saturated rings. The first kappa shape index (κ1) is 15.4. The standard InChI is InChI=1S/C14H29N3O/c1-5-11-9-17(7-6-12(11)8-15)10-13(18)16-14(2,3)4/h11-12H,5-10,15H2,1-4H3,(H,16,18). The van der Waals surface area contributed by atoms with Crippen molar-refractivity contribution in [2.24, 2.45) is 17.6 Å². The van der Waals surface area contributed by atoms with Crippen molar-refractivity contribution in [2.75, 3.05) is 26.2 Å². The Labute approximate surface area is 111 Å². The summed E-state index contributed by atoms with van der Waals surface area (Å²) in [5.74, 6) is 1.41. The minimum Gasteiger partial charge on any atom is -0.350 e. The molecule has 18 heavy (non-hydrogen) atoms. The largest absolute Gasteiger partial charge is 0.350 e. The molecule has 0 aromatic carbocycles. The number of amides is 1. The van der Waals surface area contributed by atoms with E-state index in [-0.39, 0.29) is 11.4 Å². The zero-order valence-corrected chi connectivity index (χ0v) is 12.3. The van der Waals surface area contributed by atoms with Crippen LogP contribution in [-0.4, -0.2) is 42.5 Å². The summed E-state index contributed by atoms with van der Waals surface area (Å²) < 4.78 is 0. The number of piperidine rings is 1. The minimum absolute atomic E-state index is 0.128. The van der Waals surface area contributed by atoms with Crippen LogP contribution in [0.25, 0.3) is 0 Å². The number of nitrogens with zero attached hydrogens (tertiary/aromatic N) is 1. The van der Waals surface area contributed by atoms with Crippen molar-refractivity contribution in [2.45, 2.75) is 46.1 Å². The topological polar surface area (TPSA) is 58.4 Å². The van der Waals surface area contributed by atoms with Crippen LogP contribution in [0.5, 0.6) is 0 Å². The molecule has 106 valence electrons. The number of likely N-dealkylation sites (tertiary alicyclic amines) is 1. The first-order valence-electron chi connectivity index (χ1n) is 7.09. The smallest absolute Gasteiger partial charge is 0.234 e. The summed E-state index contributed by atoms with van der Waals surface area (Å²) in [5.41, 5.74) is 5.66. The van der Waals surface area contributed by atoms with E-state index in [1.165, 1.54) is 0 Å². The molecule has 1 aliphatic heterocycles. The lowest BCUT2D eigenvalue weighted by Gasteiger charge is -2.37. The fraction of sp³-hybridized carbons (Fsp3) is 0.929. The van der Waals surface area contributed by atoms with E-state index in [2.05, 4.69) is 17.1 Å². The molecule has 1 amide bonds. The van der Waals surface area contributed by atoms with E-state index in [1.54, 1.807) is 0 Å². The van der Waals surface area contributed by atoms with Crippen molar-refractivity contribution in [1.29, 1.82) is 0 Å². The van der Waals surface area contributed by atoms with Crippen molar-refractivity contribution in [3.8, 4) is 0 Å². The first-order chi connectivity index (χ1) is 8.35. The Hall–Kier alpha value is -0.610. The second-order valence-corrected chi connectivity index (χ2v) is 6.49. The van der Waals surface area contributed by atoms with Gasteiger partial charge in [0, 0.05) is 12.1 Å². The number of carbonyl (C=O) groups is 1. The van der Waals surface area contributed by atoms with Crippen LogP contribution in [0.1, 0.15) is 40.5 Å². The van der Waals surface area contributed by atoms with Crippen LogP contribution in [-0.2, 0) is 4.79 Å². The SMILES string of the molecule is CCC1CN(CC(=O)NC(C)(C)C)CCC1CN. The van der Waals surface area contributed by atoms with E-state index in [0.717, 1.165) is 32.5 Å². The Balaban J connectivity index is 2.42. The molecule has 1 aliphatic rings. The maximum Gasteiger partial charge on any atom is 0.234 e. The molecule has 1 heterocycles. The highest BCUT2D eigenvalue weighted by Gasteiger charge is 2.28. The monoisotopic (exact) mass is 255 g/mol. The lowest BCUT2D eigenvalue weighted by atomic mass is 9.84. The van der Waals surface area contributed by atoms with Crippen molar-refractivity contribution in [1.82, 2.24) is 10.2 Å². The summed E-state index contributed by atoms with van der Waals surface area (Å²) in [7, 11) is 0. The molecule has 0 bridgehead atoms. The number of nitrogens with one attached hydrogen (secondary N) is 1. The normalized spacial score (nSPS) is 26.1. The molecule has 0 aromatic rings. The van der Waals surface area contributed by atoms with E-state index in [1.807, 2.05) is 20.8 Å².